The van der Waals surface area contributed by atoms with Crippen LogP contribution in [0, 0.1) is 0 Å². The number of urea groups is 1. The summed E-state index contributed by atoms with van der Waals surface area (Å²) in [5, 5.41) is 2.37. The van der Waals surface area contributed by atoms with Gasteiger partial charge in [0.15, 0.2) is 11.5 Å². The number of nitrogens with one attached hydrogen (secondary N) is 1. The summed E-state index contributed by atoms with van der Waals surface area (Å²) in [7, 11) is 1.44. The number of hydrogen-bond donors (Lipinski definition) is 1. The monoisotopic (exact) mass is 472 g/mol. The van der Waals surface area contributed by atoms with Crippen molar-refractivity contribution in [3.63, 3.8) is 0 Å². The van der Waals surface area contributed by atoms with Crippen molar-refractivity contribution in [1.82, 2.24) is 5.32 Å². The first-order valence-electron chi connectivity index (χ1n) is 9.99. The first kappa shape index (κ1) is 23.8. The molecule has 1 N–H and O–H groups in total. The summed E-state index contributed by atoms with van der Waals surface area (Å²) >= 11 is 6.25. The van der Waals surface area contributed by atoms with E-state index in [1.807, 2.05) is 0 Å². The van der Waals surface area contributed by atoms with Crippen LogP contribution in [0.25, 0.3) is 6.08 Å². The highest BCUT2D eigenvalue weighted by Crippen LogP contribution is 2.37. The number of benzene rings is 2. The van der Waals surface area contributed by atoms with Crippen molar-refractivity contribution in [3.8, 4) is 11.5 Å². The lowest BCUT2D eigenvalue weighted by atomic mass is 10.1. The van der Waals surface area contributed by atoms with Gasteiger partial charge in [0.05, 0.1) is 36.6 Å². The molecule has 0 aromatic heterocycles. The summed E-state index contributed by atoms with van der Waals surface area (Å²) in [6.45, 7) is 4.02. The van der Waals surface area contributed by atoms with Gasteiger partial charge >= 0.3 is 12.0 Å². The number of carbonyl (C=O) groups excluding carboxylic acids is 4. The molecule has 33 heavy (non-hydrogen) atoms. The number of amides is 4. The van der Waals surface area contributed by atoms with E-state index in [0.29, 0.717) is 23.7 Å². The first-order chi connectivity index (χ1) is 15.8. The van der Waals surface area contributed by atoms with Crippen molar-refractivity contribution in [2.45, 2.75) is 13.8 Å². The second kappa shape index (κ2) is 10.2. The molecule has 0 unspecified atom stereocenters. The van der Waals surface area contributed by atoms with E-state index in [1.54, 1.807) is 19.9 Å². The predicted octanol–water partition coefficient (Wildman–Crippen LogP) is 3.59. The Bertz CT molecular complexity index is 1140. The molecule has 0 aliphatic carbocycles. The molecular weight excluding hydrogens is 452 g/mol. The van der Waals surface area contributed by atoms with E-state index in [9.17, 15) is 19.2 Å². The van der Waals surface area contributed by atoms with E-state index >= 15 is 0 Å². The van der Waals surface area contributed by atoms with Gasteiger partial charge in [-0.05, 0) is 61.9 Å². The average molecular weight is 473 g/mol. The van der Waals surface area contributed by atoms with Gasteiger partial charge in [-0.1, -0.05) is 11.6 Å². The van der Waals surface area contributed by atoms with Crippen molar-refractivity contribution in [3.05, 3.63) is 58.1 Å². The minimum absolute atomic E-state index is 0.173. The Balaban J connectivity index is 1.97. The quantitative estimate of drug-likeness (QED) is 0.372. The average Bonchev–Trinajstić information content (AvgIpc) is 2.77. The van der Waals surface area contributed by atoms with Crippen LogP contribution in [0.4, 0.5) is 10.5 Å². The van der Waals surface area contributed by atoms with E-state index in [4.69, 9.17) is 25.8 Å². The van der Waals surface area contributed by atoms with Crippen molar-refractivity contribution >= 4 is 47.2 Å². The Morgan fingerprint density at radius 3 is 2.39 bits per heavy atom. The molecule has 1 fully saturated rings. The van der Waals surface area contributed by atoms with Crippen molar-refractivity contribution < 1.29 is 33.4 Å². The van der Waals surface area contributed by atoms with Crippen LogP contribution in [0.15, 0.2) is 42.0 Å². The number of esters is 1. The molecule has 1 aliphatic rings. The number of imide groups is 2. The van der Waals surface area contributed by atoms with Gasteiger partial charge in [0.2, 0.25) is 0 Å². The van der Waals surface area contributed by atoms with Crippen LogP contribution < -0.4 is 19.7 Å². The number of carbonyl (C=O) groups is 4. The Hall–Kier alpha value is -3.85. The molecule has 0 spiro atoms. The number of methoxy groups -OCH3 is 1. The van der Waals surface area contributed by atoms with Crippen LogP contribution in [-0.2, 0) is 14.3 Å². The molecule has 9 nitrogen and oxygen atoms in total. The number of hydrogen-bond acceptors (Lipinski definition) is 7. The van der Waals surface area contributed by atoms with Crippen LogP contribution in [0.1, 0.15) is 29.8 Å². The summed E-state index contributed by atoms with van der Waals surface area (Å²) in [4.78, 5) is 50.6. The number of nitrogens with zero attached hydrogens (tertiary/aromatic N) is 1. The van der Waals surface area contributed by atoms with E-state index in [-0.39, 0.29) is 28.5 Å². The zero-order valence-corrected chi connectivity index (χ0v) is 18.9. The molecule has 2 aromatic rings. The van der Waals surface area contributed by atoms with Gasteiger partial charge in [-0.25, -0.2) is 14.5 Å². The Kier molecular flexibility index (Phi) is 7.34. The van der Waals surface area contributed by atoms with E-state index in [1.165, 1.54) is 43.5 Å². The summed E-state index contributed by atoms with van der Waals surface area (Å²) in [6, 6.07) is 7.83. The molecule has 10 heteroatoms. The van der Waals surface area contributed by atoms with Crippen molar-refractivity contribution in [2.24, 2.45) is 0 Å². The number of barbiturate groups is 1. The van der Waals surface area contributed by atoms with Crippen LogP contribution in [0.5, 0.6) is 11.5 Å². The number of ether oxygens (including phenoxy) is 3. The highest BCUT2D eigenvalue weighted by molar-refractivity contribution is 6.39. The van der Waals surface area contributed by atoms with E-state index < -0.39 is 23.8 Å². The molecule has 172 valence electrons. The minimum atomic E-state index is -0.909. The molecule has 0 radical (unpaired) electrons. The molecule has 3 rings (SSSR count). The summed E-state index contributed by atoms with van der Waals surface area (Å²) in [5.41, 5.74) is 0.544. The molecular formula is C23H21ClN2O7. The summed E-state index contributed by atoms with van der Waals surface area (Å²) in [6.07, 6.45) is 1.30. The predicted molar refractivity (Wildman–Crippen MR) is 121 cm³/mol. The smallest absolute Gasteiger partial charge is 0.338 e. The molecule has 4 amide bonds. The van der Waals surface area contributed by atoms with Crippen LogP contribution in [0.2, 0.25) is 5.02 Å². The van der Waals surface area contributed by atoms with Gasteiger partial charge in [-0.3, -0.25) is 14.9 Å². The second-order valence-corrected chi connectivity index (χ2v) is 7.10. The van der Waals surface area contributed by atoms with Gasteiger partial charge < -0.3 is 14.2 Å². The largest absolute Gasteiger partial charge is 0.491 e. The first-order valence-corrected chi connectivity index (χ1v) is 10.4. The van der Waals surface area contributed by atoms with Gasteiger partial charge in [-0.15, -0.1) is 0 Å². The van der Waals surface area contributed by atoms with Gasteiger partial charge in [0, 0.05) is 0 Å². The molecule has 1 aliphatic heterocycles. The molecule has 0 bridgehead atoms. The molecule has 0 saturated carbocycles. The normalized spacial score (nSPS) is 14.8. The van der Waals surface area contributed by atoms with Gasteiger partial charge in [0.1, 0.15) is 5.57 Å². The van der Waals surface area contributed by atoms with E-state index in [0.717, 1.165) is 4.90 Å². The topological polar surface area (TPSA) is 111 Å². The third kappa shape index (κ3) is 4.98. The maximum absolute atomic E-state index is 13.1. The van der Waals surface area contributed by atoms with Crippen LogP contribution in [0.3, 0.4) is 0 Å². The zero-order valence-electron chi connectivity index (χ0n) is 18.1. The molecule has 0 atom stereocenters. The van der Waals surface area contributed by atoms with Gasteiger partial charge in [0.25, 0.3) is 11.8 Å². The number of halogens is 1. The highest BCUT2D eigenvalue weighted by Gasteiger charge is 2.37. The fraction of sp³-hybridized carbons (Fsp3) is 0.217. The maximum Gasteiger partial charge on any atom is 0.338 e. The summed E-state index contributed by atoms with van der Waals surface area (Å²) < 4.78 is 15.7. The lowest BCUT2D eigenvalue weighted by molar-refractivity contribution is -0.122. The second-order valence-electron chi connectivity index (χ2n) is 6.69. The maximum atomic E-state index is 13.1. The molecule has 2 aromatic carbocycles. The molecule has 1 heterocycles. The third-order valence-corrected chi connectivity index (χ3v) is 4.87. The minimum Gasteiger partial charge on any atom is -0.491 e. The number of rotatable bonds is 7. The molecule has 1 saturated heterocycles. The number of anilines is 1. The Morgan fingerprint density at radius 1 is 1.09 bits per heavy atom. The summed E-state index contributed by atoms with van der Waals surface area (Å²) in [5.74, 6) is -1.56. The third-order valence-electron chi connectivity index (χ3n) is 4.59. The van der Waals surface area contributed by atoms with Crippen molar-refractivity contribution in [2.75, 3.05) is 25.2 Å². The van der Waals surface area contributed by atoms with Crippen LogP contribution >= 0.6 is 11.6 Å². The van der Waals surface area contributed by atoms with Gasteiger partial charge in [-0.2, -0.15) is 0 Å². The van der Waals surface area contributed by atoms with E-state index in [2.05, 4.69) is 5.32 Å². The lowest BCUT2D eigenvalue weighted by Crippen LogP contribution is -2.54. The lowest BCUT2D eigenvalue weighted by Gasteiger charge is -2.26. The van der Waals surface area contributed by atoms with Crippen molar-refractivity contribution in [1.29, 1.82) is 0 Å². The Labute approximate surface area is 194 Å². The fourth-order valence-electron chi connectivity index (χ4n) is 3.15. The standard InChI is InChI=1S/C23H21ClN2O7/c1-4-32-18-12-13(11-17(24)19(18)31-3)10-16-20(27)25-23(30)26(21(16)28)15-8-6-14(7-9-15)22(29)33-5-2/h6-12H,4-5H2,1-3H3,(H,25,27,30)/b16-10+. The van der Waals surface area contributed by atoms with Crippen LogP contribution in [-0.4, -0.2) is 44.1 Å². The fourth-order valence-corrected chi connectivity index (χ4v) is 3.45. The zero-order chi connectivity index (χ0) is 24.1. The Morgan fingerprint density at radius 2 is 1.79 bits per heavy atom. The highest BCUT2D eigenvalue weighted by atomic mass is 35.5. The SMILES string of the molecule is CCOC(=O)c1ccc(N2C(=O)NC(=O)/C(=C\c3cc(Cl)c(OC)c(OCC)c3)C2=O)cc1.